The highest BCUT2D eigenvalue weighted by Crippen LogP contribution is 2.33. The molecular weight excluding hydrogens is 300 g/mol. The number of hydrogen-bond acceptors (Lipinski definition) is 5. The molecule has 0 atom stereocenters. The zero-order valence-electron chi connectivity index (χ0n) is 12.7. The van der Waals surface area contributed by atoms with E-state index in [1.807, 2.05) is 12.1 Å². The molecule has 0 N–H and O–H groups in total. The molecule has 1 aliphatic carbocycles. The van der Waals surface area contributed by atoms with Crippen LogP contribution in [0.2, 0.25) is 0 Å². The molecule has 0 unspecified atom stereocenters. The Balaban J connectivity index is 1.78. The average molecular weight is 320 g/mol. The van der Waals surface area contributed by atoms with Crippen molar-refractivity contribution in [2.24, 2.45) is 0 Å². The first-order chi connectivity index (χ1) is 10.6. The lowest BCUT2D eigenvalue weighted by atomic mass is 9.84. The van der Waals surface area contributed by atoms with Crippen molar-refractivity contribution in [1.29, 1.82) is 0 Å². The molecule has 2 aromatic rings. The van der Waals surface area contributed by atoms with Crippen LogP contribution >= 0.6 is 0 Å². The number of aryl methyl sites for hydroxylation is 1. The number of benzene rings is 1. The zero-order valence-corrected chi connectivity index (χ0v) is 13.5. The maximum absolute atomic E-state index is 12.4. The summed E-state index contributed by atoms with van der Waals surface area (Å²) in [5.41, 5.74) is 2.14. The molecule has 1 saturated carbocycles. The van der Waals surface area contributed by atoms with E-state index < -0.39 is 9.84 Å². The van der Waals surface area contributed by atoms with Crippen molar-refractivity contribution >= 4 is 9.84 Å². The number of aromatic nitrogens is 2. The van der Waals surface area contributed by atoms with Crippen molar-refractivity contribution in [1.82, 2.24) is 10.3 Å². The van der Waals surface area contributed by atoms with Crippen LogP contribution in [0.15, 0.2) is 33.8 Å². The summed E-state index contributed by atoms with van der Waals surface area (Å²) in [5.74, 6) is 0.401. The van der Waals surface area contributed by atoms with E-state index in [9.17, 15) is 8.42 Å². The fraction of sp³-hybridized carbons (Fsp3) is 0.500. The Morgan fingerprint density at radius 2 is 1.77 bits per heavy atom. The van der Waals surface area contributed by atoms with E-state index in [2.05, 4.69) is 14.9 Å². The van der Waals surface area contributed by atoms with Gasteiger partial charge in [-0.05, 0) is 43.4 Å². The normalized spacial score (nSPS) is 16.8. The number of hydrogen-bond donors (Lipinski definition) is 0. The molecule has 0 radical (unpaired) electrons. The van der Waals surface area contributed by atoms with Gasteiger partial charge in [-0.2, -0.15) is 0 Å². The van der Waals surface area contributed by atoms with Crippen LogP contribution < -0.4 is 0 Å². The van der Waals surface area contributed by atoms with E-state index in [-0.39, 0.29) is 5.75 Å². The van der Waals surface area contributed by atoms with Crippen LogP contribution in [-0.2, 0) is 15.6 Å². The summed E-state index contributed by atoms with van der Waals surface area (Å²) >= 11 is 0. The van der Waals surface area contributed by atoms with E-state index in [1.165, 1.54) is 37.7 Å². The van der Waals surface area contributed by atoms with Crippen molar-refractivity contribution in [3.8, 4) is 0 Å². The highest BCUT2D eigenvalue weighted by Gasteiger charge is 2.21. The SMILES string of the molecule is Cc1nonc1CS(=O)(=O)c1ccc(C2CCCCC2)cc1. The summed E-state index contributed by atoms with van der Waals surface area (Å²) < 4.78 is 29.4. The number of rotatable bonds is 4. The molecule has 0 aliphatic heterocycles. The summed E-state index contributed by atoms with van der Waals surface area (Å²) in [4.78, 5) is 0.328. The molecule has 6 heteroatoms. The Morgan fingerprint density at radius 1 is 1.09 bits per heavy atom. The van der Waals surface area contributed by atoms with Crippen LogP contribution in [0.5, 0.6) is 0 Å². The van der Waals surface area contributed by atoms with Crippen LogP contribution in [0.25, 0.3) is 0 Å². The van der Waals surface area contributed by atoms with Crippen LogP contribution in [0.1, 0.15) is 55.0 Å². The average Bonchev–Trinajstić information content (AvgIpc) is 2.93. The van der Waals surface area contributed by atoms with Gasteiger partial charge in [0.05, 0.1) is 4.90 Å². The molecular formula is C16H20N2O3S. The predicted octanol–water partition coefficient (Wildman–Crippen LogP) is 3.40. The molecule has 22 heavy (non-hydrogen) atoms. The maximum Gasteiger partial charge on any atom is 0.184 e. The van der Waals surface area contributed by atoms with Gasteiger partial charge in [0.25, 0.3) is 0 Å². The second-order valence-electron chi connectivity index (χ2n) is 5.96. The van der Waals surface area contributed by atoms with E-state index in [4.69, 9.17) is 0 Å². The Labute approximate surface area is 130 Å². The summed E-state index contributed by atoms with van der Waals surface area (Å²) in [5, 5.41) is 7.27. The Morgan fingerprint density at radius 3 is 2.36 bits per heavy atom. The van der Waals surface area contributed by atoms with Crippen LogP contribution in [0.3, 0.4) is 0 Å². The molecule has 0 bridgehead atoms. The minimum absolute atomic E-state index is 0.175. The molecule has 0 spiro atoms. The first kappa shape index (κ1) is 15.2. The van der Waals surface area contributed by atoms with Gasteiger partial charge in [0.15, 0.2) is 9.84 Å². The van der Waals surface area contributed by atoms with E-state index in [1.54, 1.807) is 19.1 Å². The second kappa shape index (κ2) is 6.20. The van der Waals surface area contributed by atoms with Crippen molar-refractivity contribution in [2.45, 2.75) is 55.6 Å². The minimum atomic E-state index is -3.42. The van der Waals surface area contributed by atoms with Gasteiger partial charge in [0, 0.05) is 0 Å². The topological polar surface area (TPSA) is 73.1 Å². The molecule has 0 saturated heterocycles. The number of nitrogens with zero attached hydrogens (tertiary/aromatic N) is 2. The smallest absolute Gasteiger partial charge is 0.184 e. The van der Waals surface area contributed by atoms with Crippen LogP contribution in [0.4, 0.5) is 0 Å². The van der Waals surface area contributed by atoms with Crippen LogP contribution in [-0.4, -0.2) is 18.7 Å². The molecule has 1 heterocycles. The third kappa shape index (κ3) is 3.21. The minimum Gasteiger partial charge on any atom is -0.244 e. The quantitative estimate of drug-likeness (QED) is 0.863. The van der Waals surface area contributed by atoms with Gasteiger partial charge in [0.2, 0.25) is 0 Å². The molecule has 5 nitrogen and oxygen atoms in total. The van der Waals surface area contributed by atoms with E-state index >= 15 is 0 Å². The van der Waals surface area contributed by atoms with Gasteiger partial charge in [-0.3, -0.25) is 0 Å². The van der Waals surface area contributed by atoms with Crippen molar-refractivity contribution in [3.05, 3.63) is 41.2 Å². The second-order valence-corrected chi connectivity index (χ2v) is 7.95. The lowest BCUT2D eigenvalue weighted by Crippen LogP contribution is -2.08. The Kier molecular flexibility index (Phi) is 4.29. The molecule has 1 aromatic heterocycles. The van der Waals surface area contributed by atoms with Gasteiger partial charge in [0.1, 0.15) is 17.1 Å². The lowest BCUT2D eigenvalue weighted by molar-refractivity contribution is 0.302. The molecule has 1 aromatic carbocycles. The highest BCUT2D eigenvalue weighted by atomic mass is 32.2. The molecule has 1 aliphatic rings. The van der Waals surface area contributed by atoms with Crippen molar-refractivity contribution in [2.75, 3.05) is 0 Å². The Hall–Kier alpha value is -1.69. The summed E-state index contributed by atoms with van der Waals surface area (Å²) in [6, 6.07) is 7.33. The molecule has 1 fully saturated rings. The first-order valence-corrected chi connectivity index (χ1v) is 9.32. The van der Waals surface area contributed by atoms with Crippen LogP contribution in [0, 0.1) is 6.92 Å². The fourth-order valence-electron chi connectivity index (χ4n) is 3.03. The third-order valence-electron chi connectivity index (χ3n) is 4.39. The van der Waals surface area contributed by atoms with Gasteiger partial charge >= 0.3 is 0 Å². The standard InChI is InChI=1S/C16H20N2O3S/c1-12-16(18-21-17-12)11-22(19,20)15-9-7-14(8-10-15)13-5-3-2-4-6-13/h7-10,13H,2-6,11H2,1H3. The summed E-state index contributed by atoms with van der Waals surface area (Å²) in [6.45, 7) is 1.69. The molecule has 118 valence electrons. The van der Waals surface area contributed by atoms with Gasteiger partial charge in [-0.15, -0.1) is 0 Å². The predicted molar refractivity (Wildman–Crippen MR) is 82.2 cm³/mol. The monoisotopic (exact) mass is 320 g/mol. The first-order valence-electron chi connectivity index (χ1n) is 7.67. The van der Waals surface area contributed by atoms with Gasteiger partial charge in [-0.1, -0.05) is 41.7 Å². The third-order valence-corrected chi connectivity index (χ3v) is 6.03. The van der Waals surface area contributed by atoms with E-state index in [0.29, 0.717) is 22.2 Å². The molecule has 3 rings (SSSR count). The lowest BCUT2D eigenvalue weighted by Gasteiger charge is -2.22. The van der Waals surface area contributed by atoms with Gasteiger partial charge in [-0.25, -0.2) is 13.0 Å². The summed E-state index contributed by atoms with van der Waals surface area (Å²) in [6.07, 6.45) is 6.26. The maximum atomic E-state index is 12.4. The number of sulfone groups is 1. The van der Waals surface area contributed by atoms with Crippen molar-refractivity contribution < 1.29 is 13.0 Å². The van der Waals surface area contributed by atoms with Crippen molar-refractivity contribution in [3.63, 3.8) is 0 Å². The fourth-order valence-corrected chi connectivity index (χ4v) is 4.37. The van der Waals surface area contributed by atoms with Gasteiger partial charge < -0.3 is 0 Å². The Bertz CT molecular complexity index is 729. The highest BCUT2D eigenvalue weighted by molar-refractivity contribution is 7.90. The van der Waals surface area contributed by atoms with E-state index in [0.717, 1.165) is 0 Å². The zero-order chi connectivity index (χ0) is 15.6. The largest absolute Gasteiger partial charge is 0.244 e. The molecule has 0 amide bonds. The summed E-state index contributed by atoms with van der Waals surface area (Å²) in [7, 11) is -3.42.